The molecule has 0 N–H and O–H groups in total. The van der Waals surface area contributed by atoms with Gasteiger partial charge in [-0.3, -0.25) is 4.90 Å². The molecule has 0 radical (unpaired) electrons. The molecule has 4 rings (SSSR count). The average molecular weight is 381 g/mol. The zero-order valence-corrected chi connectivity index (χ0v) is 18.0. The lowest BCUT2D eigenvalue weighted by Crippen LogP contribution is -2.41. The normalized spacial score (nSPS) is 20.5. The van der Waals surface area contributed by atoms with Crippen molar-refractivity contribution in [3.05, 3.63) is 47.2 Å². The largest absolute Gasteiger partial charge is 0.443 e. The molecular weight excluding hydrogens is 348 g/mol. The summed E-state index contributed by atoms with van der Waals surface area (Å²) in [6.45, 7) is 14.7. The average Bonchev–Trinajstić information content (AvgIpc) is 2.94. The van der Waals surface area contributed by atoms with Gasteiger partial charge >= 0.3 is 6.09 Å². The highest BCUT2D eigenvalue weighted by molar-refractivity contribution is 5.94. The van der Waals surface area contributed by atoms with Crippen LogP contribution in [0.15, 0.2) is 35.9 Å². The summed E-state index contributed by atoms with van der Waals surface area (Å²) in [6.07, 6.45) is 4.20. The first-order valence-corrected chi connectivity index (χ1v) is 10.4. The summed E-state index contributed by atoms with van der Waals surface area (Å²) in [4.78, 5) is 15.8. The third-order valence-electron chi connectivity index (χ3n) is 5.91. The van der Waals surface area contributed by atoms with Crippen LogP contribution in [-0.4, -0.2) is 34.3 Å². The number of para-hydroxylation sites is 1. The first kappa shape index (κ1) is 19.3. The highest BCUT2D eigenvalue weighted by Gasteiger charge is 2.37. The fourth-order valence-electron chi connectivity index (χ4n) is 4.57. The monoisotopic (exact) mass is 380 g/mol. The molecule has 2 aliphatic rings. The second-order valence-electron chi connectivity index (χ2n) is 10.1. The van der Waals surface area contributed by atoms with Gasteiger partial charge in [0.2, 0.25) is 0 Å². The third kappa shape index (κ3) is 3.28. The molecule has 150 valence electrons. The van der Waals surface area contributed by atoms with E-state index in [9.17, 15) is 4.79 Å². The van der Waals surface area contributed by atoms with Crippen LogP contribution < -0.4 is 0 Å². The zero-order valence-electron chi connectivity index (χ0n) is 18.0. The molecule has 1 unspecified atom stereocenters. The van der Waals surface area contributed by atoms with Crippen molar-refractivity contribution in [1.82, 2.24) is 9.47 Å². The molecule has 0 saturated carbocycles. The molecule has 1 atom stereocenters. The molecule has 4 heteroatoms. The molecule has 2 aliphatic heterocycles. The van der Waals surface area contributed by atoms with Gasteiger partial charge in [0.25, 0.3) is 0 Å². The van der Waals surface area contributed by atoms with Crippen LogP contribution in [0.25, 0.3) is 10.9 Å². The van der Waals surface area contributed by atoms with E-state index in [0.29, 0.717) is 0 Å². The van der Waals surface area contributed by atoms with Crippen molar-refractivity contribution in [1.29, 1.82) is 0 Å². The standard InChI is InChI=1S/C24H32N2O2/c1-23(2,3)16-11-13-25-14-12-18-17-9-7-8-10-19(17)26(21(18)20(25)15-16)22(27)28-24(4,5)6/h7-10,15,20H,11-14H2,1-6H3. The van der Waals surface area contributed by atoms with Crippen LogP contribution in [0, 0.1) is 5.41 Å². The van der Waals surface area contributed by atoms with E-state index in [1.807, 2.05) is 37.5 Å². The van der Waals surface area contributed by atoms with E-state index in [2.05, 4.69) is 43.9 Å². The van der Waals surface area contributed by atoms with Crippen LogP contribution in [0.2, 0.25) is 0 Å². The van der Waals surface area contributed by atoms with Crippen molar-refractivity contribution in [2.24, 2.45) is 5.41 Å². The van der Waals surface area contributed by atoms with Crippen LogP contribution in [0.1, 0.15) is 65.3 Å². The van der Waals surface area contributed by atoms with E-state index in [1.165, 1.54) is 16.5 Å². The molecule has 0 spiro atoms. The molecule has 28 heavy (non-hydrogen) atoms. The number of ether oxygens (including phenoxy) is 1. The van der Waals surface area contributed by atoms with Crippen LogP contribution in [0.5, 0.6) is 0 Å². The Bertz CT molecular complexity index is 953. The van der Waals surface area contributed by atoms with Gasteiger partial charge in [-0.15, -0.1) is 0 Å². The number of carbonyl (C=O) groups excluding carboxylic acids is 1. The van der Waals surface area contributed by atoms with Crippen LogP contribution in [0.4, 0.5) is 4.79 Å². The van der Waals surface area contributed by atoms with Gasteiger partial charge in [0.1, 0.15) is 5.60 Å². The summed E-state index contributed by atoms with van der Waals surface area (Å²) in [5.74, 6) is 0. The van der Waals surface area contributed by atoms with Crippen LogP contribution >= 0.6 is 0 Å². The Kier molecular flexibility index (Phi) is 4.46. The molecule has 2 aromatic rings. The molecule has 4 nitrogen and oxygen atoms in total. The molecule has 0 amide bonds. The van der Waals surface area contributed by atoms with E-state index < -0.39 is 5.60 Å². The lowest BCUT2D eigenvalue weighted by molar-refractivity contribution is 0.0529. The van der Waals surface area contributed by atoms with Gasteiger partial charge in [-0.2, -0.15) is 0 Å². The molecule has 0 fully saturated rings. The minimum absolute atomic E-state index is 0.131. The Balaban J connectivity index is 1.93. The Morgan fingerprint density at radius 1 is 1.04 bits per heavy atom. The number of hydrogen-bond acceptors (Lipinski definition) is 3. The van der Waals surface area contributed by atoms with Gasteiger partial charge in [0.05, 0.1) is 17.3 Å². The topological polar surface area (TPSA) is 34.5 Å². The van der Waals surface area contributed by atoms with Gasteiger partial charge in [0.15, 0.2) is 0 Å². The predicted molar refractivity (Wildman–Crippen MR) is 114 cm³/mol. The summed E-state index contributed by atoms with van der Waals surface area (Å²) >= 11 is 0. The van der Waals surface area contributed by atoms with E-state index >= 15 is 0 Å². The fraction of sp³-hybridized carbons (Fsp3) is 0.542. The zero-order chi connectivity index (χ0) is 20.3. The summed E-state index contributed by atoms with van der Waals surface area (Å²) in [7, 11) is 0. The van der Waals surface area contributed by atoms with E-state index in [4.69, 9.17) is 4.74 Å². The van der Waals surface area contributed by atoms with Gasteiger partial charge in [-0.05, 0) is 50.7 Å². The number of rotatable bonds is 0. The Morgan fingerprint density at radius 2 is 1.71 bits per heavy atom. The van der Waals surface area contributed by atoms with Crippen molar-refractivity contribution in [3.8, 4) is 0 Å². The second kappa shape index (κ2) is 6.48. The molecule has 0 saturated heterocycles. The van der Waals surface area contributed by atoms with Crippen LogP contribution in [0.3, 0.4) is 0 Å². The second-order valence-corrected chi connectivity index (χ2v) is 10.1. The van der Waals surface area contributed by atoms with Gasteiger partial charge in [0, 0.05) is 18.5 Å². The van der Waals surface area contributed by atoms with Crippen molar-refractivity contribution in [3.63, 3.8) is 0 Å². The van der Waals surface area contributed by atoms with E-state index in [1.54, 1.807) is 0 Å². The van der Waals surface area contributed by atoms with Crippen molar-refractivity contribution < 1.29 is 9.53 Å². The summed E-state index contributed by atoms with van der Waals surface area (Å²) in [6, 6.07) is 8.38. The number of fused-ring (bicyclic) bond motifs is 5. The smallest absolute Gasteiger partial charge is 0.419 e. The van der Waals surface area contributed by atoms with Gasteiger partial charge < -0.3 is 4.74 Å². The number of carbonyl (C=O) groups is 1. The number of hydrogen-bond donors (Lipinski definition) is 0. The van der Waals surface area contributed by atoms with Crippen molar-refractivity contribution in [2.45, 2.75) is 66.0 Å². The Morgan fingerprint density at radius 3 is 2.39 bits per heavy atom. The number of aromatic nitrogens is 1. The predicted octanol–water partition coefficient (Wildman–Crippen LogP) is 5.70. The number of benzene rings is 1. The Labute approximate surface area is 168 Å². The summed E-state index contributed by atoms with van der Waals surface area (Å²) in [5, 5.41) is 1.18. The lowest BCUT2D eigenvalue weighted by Gasteiger charge is -2.41. The molecule has 0 aliphatic carbocycles. The fourth-order valence-corrected chi connectivity index (χ4v) is 4.57. The van der Waals surface area contributed by atoms with Gasteiger partial charge in [-0.25, -0.2) is 9.36 Å². The Hall–Kier alpha value is -2.07. The van der Waals surface area contributed by atoms with E-state index in [0.717, 1.165) is 37.1 Å². The maximum atomic E-state index is 13.3. The first-order chi connectivity index (χ1) is 13.1. The quantitative estimate of drug-likeness (QED) is 0.550. The molecule has 0 bridgehead atoms. The maximum absolute atomic E-state index is 13.3. The van der Waals surface area contributed by atoms with Gasteiger partial charge in [-0.1, -0.05) is 50.6 Å². The van der Waals surface area contributed by atoms with E-state index in [-0.39, 0.29) is 17.6 Å². The first-order valence-electron chi connectivity index (χ1n) is 10.4. The number of nitrogens with zero attached hydrogens (tertiary/aromatic N) is 2. The van der Waals surface area contributed by atoms with Crippen molar-refractivity contribution >= 4 is 17.0 Å². The summed E-state index contributed by atoms with van der Waals surface area (Å²) < 4.78 is 7.66. The third-order valence-corrected chi connectivity index (χ3v) is 5.91. The molecule has 1 aromatic heterocycles. The highest BCUT2D eigenvalue weighted by atomic mass is 16.6. The molecule has 1 aromatic carbocycles. The SMILES string of the molecule is CC(C)(C)OC(=O)n1c2c(c3ccccc31)CCN1CCC(C(C)(C)C)=CC21. The minimum atomic E-state index is -0.525. The molecular formula is C24H32N2O2. The molecule has 3 heterocycles. The summed E-state index contributed by atoms with van der Waals surface area (Å²) in [5.41, 5.74) is 4.45. The lowest BCUT2D eigenvalue weighted by atomic mass is 9.80. The van der Waals surface area contributed by atoms with Crippen molar-refractivity contribution in [2.75, 3.05) is 13.1 Å². The highest BCUT2D eigenvalue weighted by Crippen LogP contribution is 2.43. The minimum Gasteiger partial charge on any atom is -0.443 e. The maximum Gasteiger partial charge on any atom is 0.419 e. The van der Waals surface area contributed by atoms with Crippen LogP contribution in [-0.2, 0) is 11.2 Å².